The van der Waals surface area contributed by atoms with Crippen LogP contribution in [0.3, 0.4) is 0 Å². The molecule has 1 saturated heterocycles. The molecule has 2 N–H and O–H groups in total. The molecule has 0 radical (unpaired) electrons. The number of rotatable bonds is 7. The van der Waals surface area contributed by atoms with Crippen LogP contribution in [0.2, 0.25) is 0 Å². The standard InChI is InChI=1S/C20H35N5O2/c1-4-16(2)22-18(26)14-24-10-12-25(13-11-24)17(3)19(27)23-20(15-21)8-6-5-7-9-20/h16-17H,4-14H2,1-3H3,(H,22,26)(H,23,27). The van der Waals surface area contributed by atoms with Crippen molar-refractivity contribution in [1.82, 2.24) is 20.4 Å². The lowest BCUT2D eigenvalue weighted by atomic mass is 9.82. The first kappa shape index (κ1) is 21.6. The fourth-order valence-electron chi connectivity index (χ4n) is 3.86. The predicted octanol–water partition coefficient (Wildman–Crippen LogP) is 1.25. The molecule has 2 atom stereocenters. The first-order valence-corrected chi connectivity index (χ1v) is 10.4. The maximum Gasteiger partial charge on any atom is 0.238 e. The quantitative estimate of drug-likeness (QED) is 0.697. The molecule has 0 spiro atoms. The summed E-state index contributed by atoms with van der Waals surface area (Å²) in [5.41, 5.74) is -0.681. The maximum atomic E-state index is 12.7. The molecule has 2 rings (SSSR count). The van der Waals surface area contributed by atoms with E-state index in [2.05, 4.69) is 33.4 Å². The van der Waals surface area contributed by atoms with Crippen LogP contribution in [0.15, 0.2) is 0 Å². The minimum absolute atomic E-state index is 0.0542. The molecule has 0 aromatic carbocycles. The Morgan fingerprint density at radius 2 is 1.74 bits per heavy atom. The zero-order valence-electron chi connectivity index (χ0n) is 17.1. The summed E-state index contributed by atoms with van der Waals surface area (Å²) in [6.45, 7) is 9.45. The van der Waals surface area contributed by atoms with Gasteiger partial charge in [0, 0.05) is 32.2 Å². The van der Waals surface area contributed by atoms with Crippen LogP contribution in [0.25, 0.3) is 0 Å². The molecule has 2 fully saturated rings. The average Bonchev–Trinajstić information content (AvgIpc) is 2.68. The van der Waals surface area contributed by atoms with E-state index in [1.807, 2.05) is 13.8 Å². The lowest BCUT2D eigenvalue weighted by Crippen LogP contribution is -2.58. The molecule has 7 nitrogen and oxygen atoms in total. The molecule has 0 aromatic rings. The van der Waals surface area contributed by atoms with Crippen molar-refractivity contribution >= 4 is 11.8 Å². The molecule has 27 heavy (non-hydrogen) atoms. The highest BCUT2D eigenvalue weighted by atomic mass is 16.2. The Labute approximate surface area is 163 Å². The second-order valence-corrected chi connectivity index (χ2v) is 8.11. The van der Waals surface area contributed by atoms with Crippen LogP contribution in [0.4, 0.5) is 0 Å². The summed E-state index contributed by atoms with van der Waals surface area (Å²) in [6.07, 6.45) is 5.57. The zero-order valence-corrected chi connectivity index (χ0v) is 17.1. The molecule has 0 aromatic heterocycles. The van der Waals surface area contributed by atoms with E-state index in [1.165, 1.54) is 0 Å². The summed E-state index contributed by atoms with van der Waals surface area (Å²) in [6, 6.07) is 2.30. The van der Waals surface area contributed by atoms with Gasteiger partial charge >= 0.3 is 0 Å². The Bertz CT molecular complexity index is 545. The first-order chi connectivity index (χ1) is 12.9. The van der Waals surface area contributed by atoms with Gasteiger partial charge in [0.15, 0.2) is 0 Å². The molecule has 7 heteroatoms. The second kappa shape index (κ2) is 10.0. The smallest absolute Gasteiger partial charge is 0.238 e. The Balaban J connectivity index is 1.78. The molecular weight excluding hydrogens is 342 g/mol. The SMILES string of the molecule is CCC(C)NC(=O)CN1CCN(C(C)C(=O)NC2(C#N)CCCCC2)CC1. The van der Waals surface area contributed by atoms with E-state index in [0.29, 0.717) is 6.54 Å². The minimum Gasteiger partial charge on any atom is -0.353 e. The summed E-state index contributed by atoms with van der Waals surface area (Å²) < 4.78 is 0. The van der Waals surface area contributed by atoms with Crippen LogP contribution in [0.5, 0.6) is 0 Å². The van der Waals surface area contributed by atoms with Gasteiger partial charge in [-0.25, -0.2) is 0 Å². The zero-order chi connectivity index (χ0) is 19.9. The van der Waals surface area contributed by atoms with Crippen molar-refractivity contribution in [3.8, 4) is 6.07 Å². The van der Waals surface area contributed by atoms with Crippen LogP contribution < -0.4 is 10.6 Å². The Morgan fingerprint density at radius 3 is 2.30 bits per heavy atom. The number of nitrogens with zero attached hydrogens (tertiary/aromatic N) is 3. The summed E-state index contributed by atoms with van der Waals surface area (Å²) in [7, 11) is 0. The largest absolute Gasteiger partial charge is 0.353 e. The Kier molecular flexibility index (Phi) is 8.06. The molecule has 0 bridgehead atoms. The monoisotopic (exact) mass is 377 g/mol. The van der Waals surface area contributed by atoms with Gasteiger partial charge in [0.1, 0.15) is 5.54 Å². The van der Waals surface area contributed by atoms with Gasteiger partial charge in [0.05, 0.1) is 18.7 Å². The lowest BCUT2D eigenvalue weighted by molar-refractivity contribution is -0.129. The van der Waals surface area contributed by atoms with Crippen molar-refractivity contribution < 1.29 is 9.59 Å². The van der Waals surface area contributed by atoms with Gasteiger partial charge in [0.2, 0.25) is 11.8 Å². The number of hydrogen-bond acceptors (Lipinski definition) is 5. The first-order valence-electron chi connectivity index (χ1n) is 10.4. The van der Waals surface area contributed by atoms with Crippen molar-refractivity contribution in [2.24, 2.45) is 0 Å². The Morgan fingerprint density at radius 1 is 1.11 bits per heavy atom. The minimum atomic E-state index is -0.681. The van der Waals surface area contributed by atoms with E-state index in [0.717, 1.165) is 64.7 Å². The molecule has 2 aliphatic rings. The normalized spacial score (nSPS) is 23.0. The highest BCUT2D eigenvalue weighted by Gasteiger charge is 2.36. The van der Waals surface area contributed by atoms with E-state index in [-0.39, 0.29) is 23.9 Å². The molecule has 1 saturated carbocycles. The highest BCUT2D eigenvalue weighted by Crippen LogP contribution is 2.27. The molecular formula is C20H35N5O2. The molecule has 1 aliphatic heterocycles. The third-order valence-corrected chi connectivity index (χ3v) is 6.00. The van der Waals surface area contributed by atoms with E-state index in [9.17, 15) is 14.9 Å². The number of nitriles is 1. The van der Waals surface area contributed by atoms with Crippen LogP contribution in [-0.4, -0.2) is 72.0 Å². The van der Waals surface area contributed by atoms with E-state index in [1.54, 1.807) is 0 Å². The van der Waals surface area contributed by atoms with Gasteiger partial charge in [-0.05, 0) is 33.1 Å². The van der Waals surface area contributed by atoms with Crippen molar-refractivity contribution in [2.75, 3.05) is 32.7 Å². The van der Waals surface area contributed by atoms with Gasteiger partial charge in [-0.3, -0.25) is 19.4 Å². The van der Waals surface area contributed by atoms with Gasteiger partial charge in [-0.15, -0.1) is 0 Å². The number of nitrogens with one attached hydrogen (secondary N) is 2. The predicted molar refractivity (Wildman–Crippen MR) is 105 cm³/mol. The van der Waals surface area contributed by atoms with E-state index < -0.39 is 5.54 Å². The third-order valence-electron chi connectivity index (χ3n) is 6.00. The van der Waals surface area contributed by atoms with Crippen LogP contribution in [0.1, 0.15) is 59.3 Å². The van der Waals surface area contributed by atoms with Crippen LogP contribution >= 0.6 is 0 Å². The van der Waals surface area contributed by atoms with Gasteiger partial charge < -0.3 is 10.6 Å². The Hall–Kier alpha value is -1.65. The number of piperazine rings is 1. The summed E-state index contributed by atoms with van der Waals surface area (Å²) in [4.78, 5) is 29.0. The fourth-order valence-corrected chi connectivity index (χ4v) is 3.86. The van der Waals surface area contributed by atoms with Crippen LogP contribution in [0, 0.1) is 11.3 Å². The number of carbonyl (C=O) groups is 2. The summed E-state index contributed by atoms with van der Waals surface area (Å²) in [5.74, 6) is 0.0123. The van der Waals surface area contributed by atoms with Crippen molar-refractivity contribution in [2.45, 2.75) is 76.9 Å². The third kappa shape index (κ3) is 6.18. The molecule has 2 unspecified atom stereocenters. The van der Waals surface area contributed by atoms with Gasteiger partial charge in [0.25, 0.3) is 0 Å². The van der Waals surface area contributed by atoms with Gasteiger partial charge in [-0.1, -0.05) is 26.2 Å². The lowest BCUT2D eigenvalue weighted by Gasteiger charge is -2.39. The van der Waals surface area contributed by atoms with Crippen LogP contribution in [-0.2, 0) is 9.59 Å². The number of carbonyl (C=O) groups excluding carboxylic acids is 2. The maximum absolute atomic E-state index is 12.7. The van der Waals surface area contributed by atoms with Crippen molar-refractivity contribution in [1.29, 1.82) is 5.26 Å². The molecule has 1 aliphatic carbocycles. The molecule has 2 amide bonds. The van der Waals surface area contributed by atoms with Gasteiger partial charge in [-0.2, -0.15) is 5.26 Å². The topological polar surface area (TPSA) is 88.5 Å². The van der Waals surface area contributed by atoms with E-state index in [4.69, 9.17) is 0 Å². The summed E-state index contributed by atoms with van der Waals surface area (Å²) >= 11 is 0. The number of amides is 2. The average molecular weight is 378 g/mol. The van der Waals surface area contributed by atoms with E-state index >= 15 is 0 Å². The second-order valence-electron chi connectivity index (χ2n) is 8.11. The number of hydrogen-bond donors (Lipinski definition) is 2. The molecule has 152 valence electrons. The summed E-state index contributed by atoms with van der Waals surface area (Å²) in [5, 5.41) is 15.6. The fraction of sp³-hybridized carbons (Fsp3) is 0.850. The van der Waals surface area contributed by atoms with Crippen molar-refractivity contribution in [3.63, 3.8) is 0 Å². The van der Waals surface area contributed by atoms with Crippen molar-refractivity contribution in [3.05, 3.63) is 0 Å². The molecule has 1 heterocycles. The highest BCUT2D eigenvalue weighted by molar-refractivity contribution is 5.82.